The molecule has 3 aromatic rings. The van der Waals surface area contributed by atoms with Crippen LogP contribution in [-0.4, -0.2) is 40.4 Å². The first-order chi connectivity index (χ1) is 14.2. The number of amides is 1. The van der Waals surface area contributed by atoms with Crippen molar-refractivity contribution in [1.29, 1.82) is 0 Å². The largest absolute Gasteiger partial charge is 0.462 e. The third-order valence-electron chi connectivity index (χ3n) is 3.56. The van der Waals surface area contributed by atoms with Gasteiger partial charge in [-0.3, -0.25) is 4.79 Å². The van der Waals surface area contributed by atoms with E-state index in [1.165, 1.54) is 18.0 Å². The van der Waals surface area contributed by atoms with Gasteiger partial charge in [0.05, 0.1) is 24.1 Å². The average Bonchev–Trinajstić information content (AvgIpc) is 3.22. The van der Waals surface area contributed by atoms with E-state index in [-0.39, 0.29) is 17.6 Å². The van der Waals surface area contributed by atoms with Gasteiger partial charge in [0.15, 0.2) is 5.16 Å². The molecule has 0 aliphatic rings. The van der Waals surface area contributed by atoms with Crippen LogP contribution in [0.5, 0.6) is 0 Å². The van der Waals surface area contributed by atoms with Crippen molar-refractivity contribution in [3.63, 3.8) is 0 Å². The van der Waals surface area contributed by atoms with Gasteiger partial charge >= 0.3 is 5.97 Å². The predicted molar refractivity (Wildman–Crippen MR) is 109 cm³/mol. The number of hydrazone groups is 1. The number of furan rings is 1. The highest BCUT2D eigenvalue weighted by atomic mass is 32.2. The first-order valence-electron chi connectivity index (χ1n) is 8.75. The summed E-state index contributed by atoms with van der Waals surface area (Å²) in [5.74, 6) is 0.607. The molecule has 2 aromatic heterocycles. The number of rotatable bonds is 8. The standard InChI is InChI=1S/C20H18N4O4S/c1-2-27-19(26)15-6-4-14(5-7-15)17-9-8-16(28-17)12-23-24-18(25)13-29-20-21-10-3-11-22-20/h3-12H,2,13H2,1H3,(H,24,25)/b23-12+. The minimum Gasteiger partial charge on any atom is -0.462 e. The van der Waals surface area contributed by atoms with Crippen LogP contribution in [0.3, 0.4) is 0 Å². The van der Waals surface area contributed by atoms with Crippen molar-refractivity contribution in [2.24, 2.45) is 5.10 Å². The van der Waals surface area contributed by atoms with Crippen LogP contribution < -0.4 is 5.43 Å². The second-order valence-corrected chi connectivity index (χ2v) is 6.56. The van der Waals surface area contributed by atoms with Crippen molar-refractivity contribution in [2.75, 3.05) is 12.4 Å². The number of hydrogen-bond donors (Lipinski definition) is 1. The van der Waals surface area contributed by atoms with E-state index >= 15 is 0 Å². The van der Waals surface area contributed by atoms with Gasteiger partial charge in [-0.2, -0.15) is 5.10 Å². The molecule has 2 heterocycles. The number of aromatic nitrogens is 2. The zero-order valence-electron chi connectivity index (χ0n) is 15.6. The molecule has 8 nitrogen and oxygen atoms in total. The van der Waals surface area contributed by atoms with Crippen molar-refractivity contribution in [3.8, 4) is 11.3 Å². The third-order valence-corrected chi connectivity index (χ3v) is 4.44. The van der Waals surface area contributed by atoms with Crippen LogP contribution in [0, 0.1) is 0 Å². The first-order valence-corrected chi connectivity index (χ1v) is 9.73. The summed E-state index contributed by atoms with van der Waals surface area (Å²) >= 11 is 1.22. The van der Waals surface area contributed by atoms with Gasteiger partial charge in [-0.1, -0.05) is 23.9 Å². The molecule has 0 fully saturated rings. The zero-order chi connectivity index (χ0) is 20.5. The van der Waals surface area contributed by atoms with Gasteiger partial charge in [0.25, 0.3) is 5.91 Å². The molecule has 0 saturated carbocycles. The summed E-state index contributed by atoms with van der Waals surface area (Å²) in [5.41, 5.74) is 3.71. The van der Waals surface area contributed by atoms with Crippen LogP contribution in [-0.2, 0) is 9.53 Å². The lowest BCUT2D eigenvalue weighted by Gasteiger charge is -2.02. The molecule has 0 radical (unpaired) electrons. The maximum atomic E-state index is 11.8. The maximum absolute atomic E-state index is 11.8. The van der Waals surface area contributed by atoms with E-state index < -0.39 is 0 Å². The first kappa shape index (κ1) is 20.3. The lowest BCUT2D eigenvalue weighted by atomic mass is 10.1. The fraction of sp³-hybridized carbons (Fsp3) is 0.150. The van der Waals surface area contributed by atoms with E-state index in [2.05, 4.69) is 20.5 Å². The normalized spacial score (nSPS) is 10.8. The van der Waals surface area contributed by atoms with E-state index in [1.807, 2.05) is 0 Å². The van der Waals surface area contributed by atoms with Gasteiger partial charge in [-0.05, 0) is 37.3 Å². The highest BCUT2D eigenvalue weighted by Crippen LogP contribution is 2.22. The summed E-state index contributed by atoms with van der Waals surface area (Å²) in [7, 11) is 0. The highest BCUT2D eigenvalue weighted by Gasteiger charge is 2.08. The summed E-state index contributed by atoms with van der Waals surface area (Å²) in [4.78, 5) is 31.5. The molecule has 0 spiro atoms. The molecule has 1 aromatic carbocycles. The molecule has 0 bridgehead atoms. The lowest BCUT2D eigenvalue weighted by molar-refractivity contribution is -0.118. The average molecular weight is 410 g/mol. The molecule has 1 N–H and O–H groups in total. The van der Waals surface area contributed by atoms with Gasteiger partial charge in [-0.15, -0.1) is 0 Å². The monoisotopic (exact) mass is 410 g/mol. The van der Waals surface area contributed by atoms with Crippen LogP contribution in [0.2, 0.25) is 0 Å². The van der Waals surface area contributed by atoms with E-state index in [0.29, 0.717) is 28.8 Å². The van der Waals surface area contributed by atoms with Crippen molar-refractivity contribution < 1.29 is 18.7 Å². The second-order valence-electron chi connectivity index (χ2n) is 5.61. The van der Waals surface area contributed by atoms with Crippen LogP contribution in [0.1, 0.15) is 23.0 Å². The Morgan fingerprint density at radius 3 is 2.66 bits per heavy atom. The number of thioether (sulfide) groups is 1. The molecule has 0 unspecified atom stereocenters. The number of esters is 1. The summed E-state index contributed by atoms with van der Waals surface area (Å²) in [5, 5.41) is 4.41. The molecule has 148 valence electrons. The Morgan fingerprint density at radius 1 is 1.17 bits per heavy atom. The maximum Gasteiger partial charge on any atom is 0.338 e. The van der Waals surface area contributed by atoms with E-state index in [1.54, 1.807) is 61.8 Å². The summed E-state index contributed by atoms with van der Waals surface area (Å²) in [6.45, 7) is 2.09. The van der Waals surface area contributed by atoms with Crippen molar-refractivity contribution >= 4 is 29.9 Å². The highest BCUT2D eigenvalue weighted by molar-refractivity contribution is 7.99. The number of carbonyl (C=O) groups is 2. The van der Waals surface area contributed by atoms with E-state index in [4.69, 9.17) is 9.15 Å². The van der Waals surface area contributed by atoms with Crippen molar-refractivity contribution in [1.82, 2.24) is 15.4 Å². The Morgan fingerprint density at radius 2 is 1.93 bits per heavy atom. The molecule has 0 atom stereocenters. The number of hydrogen-bond acceptors (Lipinski definition) is 8. The van der Waals surface area contributed by atoms with Gasteiger partial charge in [0.2, 0.25) is 0 Å². The van der Waals surface area contributed by atoms with Crippen LogP contribution in [0.15, 0.2) is 69.5 Å². The summed E-state index contributed by atoms with van der Waals surface area (Å²) in [6.07, 6.45) is 4.65. The molecular weight excluding hydrogens is 392 g/mol. The number of carbonyl (C=O) groups excluding carboxylic acids is 2. The molecule has 29 heavy (non-hydrogen) atoms. The fourth-order valence-electron chi connectivity index (χ4n) is 2.25. The fourth-order valence-corrected chi connectivity index (χ4v) is 2.85. The molecule has 0 saturated heterocycles. The van der Waals surface area contributed by atoms with E-state index in [0.717, 1.165) is 5.56 Å². The minimum absolute atomic E-state index is 0.150. The van der Waals surface area contributed by atoms with Crippen LogP contribution in [0.25, 0.3) is 11.3 Å². The Labute approximate surface area is 171 Å². The van der Waals surface area contributed by atoms with Gasteiger partial charge < -0.3 is 9.15 Å². The van der Waals surface area contributed by atoms with Crippen LogP contribution in [0.4, 0.5) is 0 Å². The number of ether oxygens (including phenoxy) is 1. The smallest absolute Gasteiger partial charge is 0.338 e. The molecule has 3 rings (SSSR count). The Kier molecular flexibility index (Phi) is 7.12. The molecule has 9 heteroatoms. The predicted octanol–water partition coefficient (Wildman–Crippen LogP) is 3.16. The van der Waals surface area contributed by atoms with Gasteiger partial charge in [0, 0.05) is 18.0 Å². The number of nitrogens with one attached hydrogen (secondary N) is 1. The Hall–Kier alpha value is -3.46. The Balaban J connectivity index is 1.52. The van der Waals surface area contributed by atoms with Gasteiger partial charge in [-0.25, -0.2) is 20.2 Å². The van der Waals surface area contributed by atoms with E-state index in [9.17, 15) is 9.59 Å². The van der Waals surface area contributed by atoms with Gasteiger partial charge in [0.1, 0.15) is 11.5 Å². The molecular formula is C20H18N4O4S. The Bertz CT molecular complexity index is 987. The number of benzene rings is 1. The number of nitrogens with zero attached hydrogens (tertiary/aromatic N) is 3. The topological polar surface area (TPSA) is 107 Å². The second kappa shape index (κ2) is 10.2. The third kappa shape index (κ3) is 6.01. The lowest BCUT2D eigenvalue weighted by Crippen LogP contribution is -2.19. The zero-order valence-corrected chi connectivity index (χ0v) is 16.4. The quantitative estimate of drug-likeness (QED) is 0.200. The minimum atomic E-state index is -0.362. The SMILES string of the molecule is CCOC(=O)c1ccc(-c2ccc(/C=N/NC(=O)CSc3ncccn3)o2)cc1. The molecule has 1 amide bonds. The van der Waals surface area contributed by atoms with Crippen molar-refractivity contribution in [2.45, 2.75) is 12.1 Å². The molecule has 0 aliphatic heterocycles. The summed E-state index contributed by atoms with van der Waals surface area (Å²) < 4.78 is 10.6. The van der Waals surface area contributed by atoms with Crippen molar-refractivity contribution in [3.05, 3.63) is 66.2 Å². The summed E-state index contributed by atoms with van der Waals surface area (Å²) in [6, 6.07) is 12.1. The molecule has 0 aliphatic carbocycles. The van der Waals surface area contributed by atoms with Crippen LogP contribution >= 0.6 is 11.8 Å².